The van der Waals surface area contributed by atoms with Crippen molar-refractivity contribution in [2.75, 3.05) is 7.11 Å². The standard InChI is InChI=1S/C14H17N3O2/c1-10(14(15)18)13-7-8-16-17(13)9-11-3-5-12(19-2)6-4-11/h3-8,10H,9H2,1-2H3,(H2,15,18). The van der Waals surface area contributed by atoms with Gasteiger partial charge in [-0.1, -0.05) is 12.1 Å². The fourth-order valence-corrected chi connectivity index (χ4v) is 1.89. The van der Waals surface area contributed by atoms with E-state index >= 15 is 0 Å². The maximum atomic E-state index is 11.3. The molecule has 100 valence electrons. The molecule has 0 saturated heterocycles. The second-order valence-electron chi connectivity index (χ2n) is 4.39. The third-order valence-electron chi connectivity index (χ3n) is 3.11. The summed E-state index contributed by atoms with van der Waals surface area (Å²) in [6.07, 6.45) is 1.68. The van der Waals surface area contributed by atoms with Gasteiger partial charge in [-0.15, -0.1) is 0 Å². The van der Waals surface area contributed by atoms with Crippen LogP contribution in [0.15, 0.2) is 36.5 Å². The molecule has 2 aromatic rings. The highest BCUT2D eigenvalue weighted by Crippen LogP contribution is 2.17. The van der Waals surface area contributed by atoms with Crippen LogP contribution in [0.2, 0.25) is 0 Å². The average molecular weight is 259 g/mol. The summed E-state index contributed by atoms with van der Waals surface area (Å²) in [6, 6.07) is 9.56. The molecule has 1 aromatic carbocycles. The van der Waals surface area contributed by atoms with Crippen LogP contribution in [0.25, 0.3) is 0 Å². The van der Waals surface area contributed by atoms with Crippen molar-refractivity contribution in [2.45, 2.75) is 19.4 Å². The first-order valence-corrected chi connectivity index (χ1v) is 6.05. The number of rotatable bonds is 5. The maximum Gasteiger partial charge on any atom is 0.226 e. The Morgan fingerprint density at radius 1 is 1.37 bits per heavy atom. The van der Waals surface area contributed by atoms with Gasteiger partial charge in [-0.2, -0.15) is 5.10 Å². The van der Waals surface area contributed by atoms with E-state index in [1.807, 2.05) is 30.3 Å². The first-order valence-electron chi connectivity index (χ1n) is 6.05. The van der Waals surface area contributed by atoms with Crippen molar-refractivity contribution in [3.05, 3.63) is 47.8 Å². The molecule has 19 heavy (non-hydrogen) atoms. The van der Waals surface area contributed by atoms with E-state index in [4.69, 9.17) is 10.5 Å². The van der Waals surface area contributed by atoms with E-state index < -0.39 is 0 Å². The number of primary amides is 1. The lowest BCUT2D eigenvalue weighted by Crippen LogP contribution is -2.22. The molecule has 0 spiro atoms. The Bertz CT molecular complexity index is 560. The smallest absolute Gasteiger partial charge is 0.226 e. The van der Waals surface area contributed by atoms with E-state index in [1.54, 1.807) is 24.9 Å². The fraction of sp³-hybridized carbons (Fsp3) is 0.286. The summed E-state index contributed by atoms with van der Waals surface area (Å²) in [5.74, 6) is 0.118. The number of carbonyl (C=O) groups excluding carboxylic acids is 1. The number of benzene rings is 1. The first kappa shape index (κ1) is 13.1. The van der Waals surface area contributed by atoms with E-state index in [9.17, 15) is 4.79 Å². The number of amides is 1. The molecule has 0 bridgehead atoms. The van der Waals surface area contributed by atoms with Crippen LogP contribution in [0.5, 0.6) is 5.75 Å². The van der Waals surface area contributed by atoms with Gasteiger partial charge in [-0.3, -0.25) is 9.48 Å². The molecular formula is C14H17N3O2. The predicted molar refractivity (Wildman–Crippen MR) is 71.9 cm³/mol. The van der Waals surface area contributed by atoms with E-state index in [0.717, 1.165) is 17.0 Å². The normalized spacial score (nSPS) is 12.1. The minimum Gasteiger partial charge on any atom is -0.497 e. The number of nitrogens with two attached hydrogens (primary N) is 1. The van der Waals surface area contributed by atoms with E-state index in [1.165, 1.54) is 0 Å². The molecule has 0 saturated carbocycles. The molecule has 2 rings (SSSR count). The van der Waals surface area contributed by atoms with Crippen LogP contribution in [0.4, 0.5) is 0 Å². The molecule has 5 heteroatoms. The van der Waals surface area contributed by atoms with Gasteiger partial charge in [0, 0.05) is 6.20 Å². The molecule has 2 N–H and O–H groups in total. The summed E-state index contributed by atoms with van der Waals surface area (Å²) in [4.78, 5) is 11.3. The van der Waals surface area contributed by atoms with E-state index in [0.29, 0.717) is 6.54 Å². The number of methoxy groups -OCH3 is 1. The largest absolute Gasteiger partial charge is 0.497 e. The predicted octanol–water partition coefficient (Wildman–Crippen LogP) is 1.53. The van der Waals surface area contributed by atoms with Crippen molar-refractivity contribution in [1.82, 2.24) is 9.78 Å². The highest BCUT2D eigenvalue weighted by atomic mass is 16.5. The minimum atomic E-state index is -0.350. The lowest BCUT2D eigenvalue weighted by Gasteiger charge is -2.11. The second kappa shape index (κ2) is 5.56. The molecule has 1 amide bonds. The molecule has 1 aromatic heterocycles. The zero-order valence-electron chi connectivity index (χ0n) is 11.0. The molecule has 0 aliphatic carbocycles. The van der Waals surface area contributed by atoms with Gasteiger partial charge < -0.3 is 10.5 Å². The molecule has 0 fully saturated rings. The SMILES string of the molecule is COc1ccc(Cn2nccc2C(C)C(N)=O)cc1. The van der Waals surface area contributed by atoms with Crippen LogP contribution in [0.1, 0.15) is 24.1 Å². The Morgan fingerprint density at radius 2 is 2.05 bits per heavy atom. The van der Waals surface area contributed by atoms with Gasteiger partial charge in [0.25, 0.3) is 0 Å². The molecule has 0 radical (unpaired) electrons. The van der Waals surface area contributed by atoms with Gasteiger partial charge in [-0.05, 0) is 30.7 Å². The van der Waals surface area contributed by atoms with Gasteiger partial charge >= 0.3 is 0 Å². The van der Waals surface area contributed by atoms with Crippen molar-refractivity contribution in [3.8, 4) is 5.75 Å². The Kier molecular flexibility index (Phi) is 3.85. The summed E-state index contributed by atoms with van der Waals surface area (Å²) in [7, 11) is 1.63. The lowest BCUT2D eigenvalue weighted by atomic mass is 10.1. The highest BCUT2D eigenvalue weighted by molar-refractivity contribution is 5.80. The van der Waals surface area contributed by atoms with Gasteiger partial charge in [0.1, 0.15) is 5.75 Å². The third kappa shape index (κ3) is 2.93. The average Bonchev–Trinajstić information content (AvgIpc) is 2.86. The Labute approximate surface area is 112 Å². The molecule has 0 aliphatic heterocycles. The first-order chi connectivity index (χ1) is 9.11. The summed E-state index contributed by atoms with van der Waals surface area (Å²) in [5.41, 5.74) is 7.24. The lowest BCUT2D eigenvalue weighted by molar-refractivity contribution is -0.119. The van der Waals surface area contributed by atoms with Crippen molar-refractivity contribution in [3.63, 3.8) is 0 Å². The topological polar surface area (TPSA) is 70.1 Å². The number of ether oxygens (including phenoxy) is 1. The number of aromatic nitrogens is 2. The van der Waals surface area contributed by atoms with E-state index in [2.05, 4.69) is 5.10 Å². The number of hydrogen-bond acceptors (Lipinski definition) is 3. The maximum absolute atomic E-state index is 11.3. The van der Waals surface area contributed by atoms with Gasteiger partial charge in [0.15, 0.2) is 0 Å². The zero-order valence-corrected chi connectivity index (χ0v) is 11.0. The Morgan fingerprint density at radius 3 is 2.63 bits per heavy atom. The zero-order chi connectivity index (χ0) is 13.8. The monoisotopic (exact) mass is 259 g/mol. The van der Waals surface area contributed by atoms with Crippen LogP contribution in [-0.2, 0) is 11.3 Å². The highest BCUT2D eigenvalue weighted by Gasteiger charge is 2.16. The van der Waals surface area contributed by atoms with Crippen LogP contribution >= 0.6 is 0 Å². The van der Waals surface area contributed by atoms with Crippen LogP contribution in [0.3, 0.4) is 0 Å². The van der Waals surface area contributed by atoms with Crippen molar-refractivity contribution in [1.29, 1.82) is 0 Å². The second-order valence-corrected chi connectivity index (χ2v) is 4.39. The number of nitrogens with zero attached hydrogens (tertiary/aromatic N) is 2. The van der Waals surface area contributed by atoms with Crippen LogP contribution in [-0.4, -0.2) is 22.8 Å². The van der Waals surface area contributed by atoms with Crippen molar-refractivity contribution < 1.29 is 9.53 Å². The summed E-state index contributed by atoms with van der Waals surface area (Å²) >= 11 is 0. The van der Waals surface area contributed by atoms with Crippen molar-refractivity contribution >= 4 is 5.91 Å². The van der Waals surface area contributed by atoms with Gasteiger partial charge in [0.05, 0.1) is 25.3 Å². The quantitative estimate of drug-likeness (QED) is 0.885. The number of carbonyl (C=O) groups is 1. The Hall–Kier alpha value is -2.30. The van der Waals surface area contributed by atoms with Crippen LogP contribution in [0, 0.1) is 0 Å². The van der Waals surface area contributed by atoms with Crippen LogP contribution < -0.4 is 10.5 Å². The van der Waals surface area contributed by atoms with Gasteiger partial charge in [-0.25, -0.2) is 0 Å². The molecular weight excluding hydrogens is 242 g/mol. The van der Waals surface area contributed by atoms with Gasteiger partial charge in [0.2, 0.25) is 5.91 Å². The minimum absolute atomic E-state index is 0.347. The number of hydrogen-bond donors (Lipinski definition) is 1. The molecule has 1 heterocycles. The molecule has 1 atom stereocenters. The van der Waals surface area contributed by atoms with E-state index in [-0.39, 0.29) is 11.8 Å². The van der Waals surface area contributed by atoms with Crippen molar-refractivity contribution in [2.24, 2.45) is 5.73 Å². The fourth-order valence-electron chi connectivity index (χ4n) is 1.89. The molecule has 0 aliphatic rings. The third-order valence-corrected chi connectivity index (χ3v) is 3.11. The summed E-state index contributed by atoms with van der Waals surface area (Å²) in [6.45, 7) is 2.38. The molecule has 1 unspecified atom stereocenters. The Balaban J connectivity index is 2.19. The molecule has 5 nitrogen and oxygen atoms in total. The summed E-state index contributed by atoms with van der Waals surface area (Å²) in [5, 5.41) is 4.24. The summed E-state index contributed by atoms with van der Waals surface area (Å²) < 4.78 is 6.90.